The molecule has 0 saturated carbocycles. The number of hydrogen-bond donors (Lipinski definition) is 1. The first-order valence-electron chi connectivity index (χ1n) is 8.19. The predicted molar refractivity (Wildman–Crippen MR) is 97.3 cm³/mol. The first-order chi connectivity index (χ1) is 13.0. The molecule has 4 rings (SSSR count). The third kappa shape index (κ3) is 3.26. The van der Waals surface area contributed by atoms with Crippen LogP contribution in [0.15, 0.2) is 41.6 Å². The molecular formula is C16H14ClN7O3. The van der Waals surface area contributed by atoms with Gasteiger partial charge in [-0.15, -0.1) is 0 Å². The third-order valence-corrected chi connectivity index (χ3v) is 4.75. The van der Waals surface area contributed by atoms with Crippen LogP contribution in [-0.2, 0) is 13.0 Å². The van der Waals surface area contributed by atoms with Gasteiger partial charge in [0, 0.05) is 24.6 Å². The summed E-state index contributed by atoms with van der Waals surface area (Å²) in [5.41, 5.74) is 0.256. The van der Waals surface area contributed by atoms with Crippen LogP contribution in [0.2, 0.25) is 5.02 Å². The third-order valence-electron chi connectivity index (χ3n) is 4.39. The Labute approximate surface area is 157 Å². The van der Waals surface area contributed by atoms with Gasteiger partial charge in [0.15, 0.2) is 0 Å². The highest BCUT2D eigenvalue weighted by Gasteiger charge is 2.21. The Morgan fingerprint density at radius 1 is 1.26 bits per heavy atom. The van der Waals surface area contributed by atoms with Crippen LogP contribution in [-0.4, -0.2) is 35.5 Å². The molecule has 1 aromatic carbocycles. The fourth-order valence-corrected chi connectivity index (χ4v) is 3.19. The molecule has 138 valence electrons. The van der Waals surface area contributed by atoms with E-state index in [1.807, 2.05) is 4.68 Å². The number of fused-ring (bicyclic) bond motifs is 1. The highest BCUT2D eigenvalue weighted by Crippen LogP contribution is 2.22. The first kappa shape index (κ1) is 17.2. The molecule has 11 heteroatoms. The minimum absolute atomic E-state index is 0.00717. The van der Waals surface area contributed by atoms with Crippen molar-refractivity contribution in [3.8, 4) is 5.69 Å². The Hall–Kier alpha value is -3.27. The molecule has 10 nitrogen and oxygen atoms in total. The summed E-state index contributed by atoms with van der Waals surface area (Å²) in [4.78, 5) is 27.0. The van der Waals surface area contributed by atoms with Crippen LogP contribution >= 0.6 is 11.6 Å². The number of nitrogens with one attached hydrogen (secondary N) is 1. The molecule has 1 aliphatic rings. The smallest absolute Gasteiger partial charge is 0.292 e. The Kier molecular flexibility index (Phi) is 4.32. The Morgan fingerprint density at radius 3 is 2.78 bits per heavy atom. The van der Waals surface area contributed by atoms with E-state index in [1.165, 1.54) is 36.8 Å². The van der Waals surface area contributed by atoms with E-state index in [-0.39, 0.29) is 16.8 Å². The van der Waals surface area contributed by atoms with E-state index in [9.17, 15) is 14.9 Å². The van der Waals surface area contributed by atoms with E-state index in [1.54, 1.807) is 0 Å². The minimum atomic E-state index is -0.509. The number of benzene rings is 1. The van der Waals surface area contributed by atoms with Crippen LogP contribution in [0.1, 0.15) is 12.2 Å². The molecule has 1 N–H and O–H groups in total. The van der Waals surface area contributed by atoms with Gasteiger partial charge in [-0.2, -0.15) is 14.9 Å². The van der Waals surface area contributed by atoms with Gasteiger partial charge >= 0.3 is 0 Å². The molecule has 3 heterocycles. The molecule has 1 atom stereocenters. The molecule has 3 aromatic rings. The van der Waals surface area contributed by atoms with Crippen LogP contribution in [0, 0.1) is 10.1 Å². The van der Waals surface area contributed by atoms with Crippen molar-refractivity contribution in [1.82, 2.24) is 24.5 Å². The zero-order valence-corrected chi connectivity index (χ0v) is 14.7. The maximum Gasteiger partial charge on any atom is 0.292 e. The van der Waals surface area contributed by atoms with Crippen LogP contribution in [0.25, 0.3) is 5.69 Å². The van der Waals surface area contributed by atoms with Crippen molar-refractivity contribution in [2.45, 2.75) is 25.4 Å². The number of rotatable bonds is 4. The van der Waals surface area contributed by atoms with Gasteiger partial charge in [-0.05, 0) is 18.6 Å². The van der Waals surface area contributed by atoms with Crippen LogP contribution in [0.3, 0.4) is 0 Å². The summed E-state index contributed by atoms with van der Waals surface area (Å²) in [6.07, 6.45) is 4.61. The second-order valence-corrected chi connectivity index (χ2v) is 6.48. The molecule has 0 saturated heterocycles. The number of nitro groups is 1. The van der Waals surface area contributed by atoms with Gasteiger partial charge in [-0.25, -0.2) is 9.67 Å². The quantitative estimate of drug-likeness (QED) is 0.535. The average Bonchev–Trinajstić information content (AvgIpc) is 3.13. The Morgan fingerprint density at radius 2 is 2.04 bits per heavy atom. The second-order valence-electron chi connectivity index (χ2n) is 6.10. The Balaban J connectivity index is 1.57. The minimum Gasteiger partial charge on any atom is -0.378 e. The van der Waals surface area contributed by atoms with Gasteiger partial charge < -0.3 is 5.32 Å². The van der Waals surface area contributed by atoms with Gasteiger partial charge in [0.05, 0.1) is 29.0 Å². The highest BCUT2D eigenvalue weighted by atomic mass is 35.5. The molecular weight excluding hydrogens is 374 g/mol. The maximum atomic E-state index is 12.6. The summed E-state index contributed by atoms with van der Waals surface area (Å²) >= 11 is 6.25. The summed E-state index contributed by atoms with van der Waals surface area (Å²) in [5.74, 6) is 0.936. The molecule has 0 aliphatic carbocycles. The predicted octanol–water partition coefficient (Wildman–Crippen LogP) is 1.81. The SMILES string of the molecule is O=c1c(Cl)c(NC2CCc3ncnn3C2)cnn1-c1ccc([N+](=O)[O-])cc1. The lowest BCUT2D eigenvalue weighted by molar-refractivity contribution is -0.384. The number of anilines is 1. The number of halogens is 1. The van der Waals surface area contributed by atoms with Crippen molar-refractivity contribution in [2.75, 3.05) is 5.32 Å². The molecule has 2 aromatic heterocycles. The van der Waals surface area contributed by atoms with Crippen LogP contribution in [0.5, 0.6) is 0 Å². The summed E-state index contributed by atoms with van der Waals surface area (Å²) in [6.45, 7) is 0.622. The van der Waals surface area contributed by atoms with Gasteiger partial charge in [0.25, 0.3) is 11.2 Å². The van der Waals surface area contributed by atoms with Crippen molar-refractivity contribution < 1.29 is 4.92 Å². The van der Waals surface area contributed by atoms with E-state index in [0.29, 0.717) is 17.9 Å². The first-order valence-corrected chi connectivity index (χ1v) is 8.56. The lowest BCUT2D eigenvalue weighted by Crippen LogP contribution is -2.33. The second kappa shape index (κ2) is 6.80. The summed E-state index contributed by atoms with van der Waals surface area (Å²) in [7, 11) is 0. The van der Waals surface area contributed by atoms with E-state index in [2.05, 4.69) is 20.5 Å². The topological polar surface area (TPSA) is 121 Å². The summed E-state index contributed by atoms with van der Waals surface area (Å²) < 4.78 is 2.92. The van der Waals surface area contributed by atoms with Crippen molar-refractivity contribution in [2.24, 2.45) is 0 Å². The van der Waals surface area contributed by atoms with Gasteiger partial charge in [0.2, 0.25) is 0 Å². The Bertz CT molecular complexity index is 1060. The molecule has 1 aliphatic heterocycles. The number of aryl methyl sites for hydroxylation is 1. The lowest BCUT2D eigenvalue weighted by Gasteiger charge is -2.24. The fourth-order valence-electron chi connectivity index (χ4n) is 3.01. The number of nitro benzene ring substituents is 1. The van der Waals surface area contributed by atoms with Gasteiger partial charge in [-0.3, -0.25) is 14.9 Å². The van der Waals surface area contributed by atoms with E-state index < -0.39 is 10.5 Å². The van der Waals surface area contributed by atoms with Crippen LogP contribution in [0.4, 0.5) is 11.4 Å². The highest BCUT2D eigenvalue weighted by molar-refractivity contribution is 6.32. The zero-order valence-electron chi connectivity index (χ0n) is 13.9. The summed E-state index contributed by atoms with van der Waals surface area (Å²) in [5, 5.41) is 22.3. The van der Waals surface area contributed by atoms with Crippen LogP contribution < -0.4 is 10.9 Å². The molecule has 0 bridgehead atoms. The van der Waals surface area contributed by atoms with Crippen molar-refractivity contribution in [3.05, 3.63) is 68.1 Å². The van der Waals surface area contributed by atoms with Crippen molar-refractivity contribution in [1.29, 1.82) is 0 Å². The fraction of sp³-hybridized carbons (Fsp3) is 0.250. The van der Waals surface area contributed by atoms with Gasteiger partial charge in [0.1, 0.15) is 17.2 Å². The number of aromatic nitrogens is 5. The van der Waals surface area contributed by atoms with E-state index >= 15 is 0 Å². The molecule has 0 radical (unpaired) electrons. The van der Waals surface area contributed by atoms with Gasteiger partial charge in [-0.1, -0.05) is 11.6 Å². The molecule has 27 heavy (non-hydrogen) atoms. The largest absolute Gasteiger partial charge is 0.378 e. The monoisotopic (exact) mass is 387 g/mol. The number of nitrogens with zero attached hydrogens (tertiary/aromatic N) is 6. The molecule has 0 amide bonds. The van der Waals surface area contributed by atoms with Crippen molar-refractivity contribution in [3.63, 3.8) is 0 Å². The normalized spacial score (nSPS) is 16.0. The zero-order chi connectivity index (χ0) is 19.0. The van der Waals surface area contributed by atoms with E-state index in [0.717, 1.165) is 23.3 Å². The van der Waals surface area contributed by atoms with Crippen molar-refractivity contribution >= 4 is 23.0 Å². The lowest BCUT2D eigenvalue weighted by atomic mass is 10.1. The summed E-state index contributed by atoms with van der Waals surface area (Å²) in [6, 6.07) is 5.56. The number of hydrogen-bond acceptors (Lipinski definition) is 7. The maximum absolute atomic E-state index is 12.6. The molecule has 0 spiro atoms. The van der Waals surface area contributed by atoms with E-state index in [4.69, 9.17) is 11.6 Å². The number of non-ortho nitro benzene ring substituents is 1. The average molecular weight is 388 g/mol. The molecule has 0 fully saturated rings. The molecule has 1 unspecified atom stereocenters. The standard InChI is InChI=1S/C16H14ClN7O3/c17-15-13(21-10-1-6-14-18-9-20-22(14)8-10)7-19-23(16(15)25)11-2-4-12(5-3-11)24(26)27/h2-5,7,9-10,21H,1,6,8H2.